The van der Waals surface area contributed by atoms with E-state index in [2.05, 4.69) is 6.58 Å². The van der Waals surface area contributed by atoms with Gasteiger partial charge in [-0.25, -0.2) is 8.42 Å². The van der Waals surface area contributed by atoms with Crippen LogP contribution >= 0.6 is 0 Å². The van der Waals surface area contributed by atoms with Crippen LogP contribution in [0, 0.1) is 12.8 Å². The Morgan fingerprint density at radius 2 is 2.00 bits per heavy atom. The number of Topliss-reactive ketones (excluding diaryl/α,β-unsaturated/α-hetero) is 1. The first-order valence-electron chi connectivity index (χ1n) is 7.66. The molecular weight excluding hydrogens is 298 g/mol. The van der Waals surface area contributed by atoms with E-state index in [-0.39, 0.29) is 11.7 Å². The van der Waals surface area contributed by atoms with E-state index in [0.29, 0.717) is 37.2 Å². The Hall–Kier alpha value is -1.46. The van der Waals surface area contributed by atoms with Crippen LogP contribution in [-0.2, 0) is 14.8 Å². The summed E-state index contributed by atoms with van der Waals surface area (Å²) in [6, 6.07) is 5.11. The first-order valence-corrected chi connectivity index (χ1v) is 9.10. The fraction of sp³-hybridized carbons (Fsp3) is 0.471. The Kier molecular flexibility index (Phi) is 5.19. The van der Waals surface area contributed by atoms with E-state index in [1.807, 2.05) is 13.8 Å². The molecule has 0 bridgehead atoms. The van der Waals surface area contributed by atoms with Crippen LogP contribution < -0.4 is 0 Å². The summed E-state index contributed by atoms with van der Waals surface area (Å²) in [5, 5.41) is 0. The third kappa shape index (κ3) is 3.31. The summed E-state index contributed by atoms with van der Waals surface area (Å²) in [6.07, 6.45) is 3.43. The zero-order valence-electron chi connectivity index (χ0n) is 13.2. The Bertz CT molecular complexity index is 671. The van der Waals surface area contributed by atoms with Gasteiger partial charge in [-0.1, -0.05) is 25.6 Å². The number of nitrogens with zero attached hydrogens (tertiary/aromatic N) is 1. The molecule has 22 heavy (non-hydrogen) atoms. The number of sulfonamides is 1. The van der Waals surface area contributed by atoms with Gasteiger partial charge in [0.25, 0.3) is 0 Å². The van der Waals surface area contributed by atoms with Crippen molar-refractivity contribution in [2.45, 2.75) is 38.0 Å². The Morgan fingerprint density at radius 3 is 2.55 bits per heavy atom. The summed E-state index contributed by atoms with van der Waals surface area (Å²) in [4.78, 5) is 12.0. The zero-order chi connectivity index (χ0) is 16.3. The van der Waals surface area contributed by atoms with Crippen molar-refractivity contribution in [2.24, 2.45) is 5.92 Å². The number of piperidine rings is 1. The standard InChI is InChI=1S/C17H23NO3S/c1-4-14-12-16(7-6-13(14)3)22(20,21)18-10-8-15(9-11-18)17(19)5-2/h4,6-7,12,15H,1,5,8-11H2,2-3H3. The fourth-order valence-electron chi connectivity index (χ4n) is 2.85. The molecule has 1 aromatic rings. The predicted molar refractivity (Wildman–Crippen MR) is 88.1 cm³/mol. The van der Waals surface area contributed by atoms with Gasteiger partial charge in [0.2, 0.25) is 10.0 Å². The number of aryl methyl sites for hydroxylation is 1. The highest BCUT2D eigenvalue weighted by Crippen LogP contribution is 2.26. The van der Waals surface area contributed by atoms with E-state index in [9.17, 15) is 13.2 Å². The molecule has 0 saturated carbocycles. The van der Waals surface area contributed by atoms with Crippen molar-refractivity contribution >= 4 is 21.9 Å². The monoisotopic (exact) mass is 321 g/mol. The van der Waals surface area contributed by atoms with Crippen LogP contribution in [0.25, 0.3) is 6.08 Å². The lowest BCUT2D eigenvalue weighted by molar-refractivity contribution is -0.123. The van der Waals surface area contributed by atoms with Crippen molar-refractivity contribution in [3.63, 3.8) is 0 Å². The molecule has 0 amide bonds. The fourth-order valence-corrected chi connectivity index (χ4v) is 4.36. The highest BCUT2D eigenvalue weighted by atomic mass is 32.2. The molecule has 1 aliphatic heterocycles. The second-order valence-electron chi connectivity index (χ2n) is 5.72. The second kappa shape index (κ2) is 6.75. The van der Waals surface area contributed by atoms with Crippen molar-refractivity contribution in [1.82, 2.24) is 4.31 Å². The average molecular weight is 321 g/mol. The van der Waals surface area contributed by atoms with Crippen LogP contribution in [0.4, 0.5) is 0 Å². The number of hydrogen-bond donors (Lipinski definition) is 0. The van der Waals surface area contributed by atoms with Crippen LogP contribution in [-0.4, -0.2) is 31.6 Å². The number of carbonyl (C=O) groups is 1. The quantitative estimate of drug-likeness (QED) is 0.837. The molecule has 0 atom stereocenters. The molecule has 0 spiro atoms. The van der Waals surface area contributed by atoms with Gasteiger partial charge in [0.1, 0.15) is 5.78 Å². The first kappa shape index (κ1) is 16.9. The predicted octanol–water partition coefficient (Wildman–Crippen LogP) is 3.02. The topological polar surface area (TPSA) is 54.5 Å². The molecule has 2 rings (SSSR count). The van der Waals surface area contributed by atoms with Crippen molar-refractivity contribution in [3.05, 3.63) is 35.9 Å². The van der Waals surface area contributed by atoms with Crippen molar-refractivity contribution in [2.75, 3.05) is 13.1 Å². The third-order valence-electron chi connectivity index (χ3n) is 4.37. The largest absolute Gasteiger partial charge is 0.299 e. The van der Waals surface area contributed by atoms with E-state index < -0.39 is 10.0 Å². The lowest BCUT2D eigenvalue weighted by Crippen LogP contribution is -2.40. The molecule has 120 valence electrons. The van der Waals surface area contributed by atoms with Gasteiger partial charge in [-0.3, -0.25) is 4.79 Å². The lowest BCUT2D eigenvalue weighted by atomic mass is 9.92. The molecule has 0 N–H and O–H groups in total. The molecule has 1 aromatic carbocycles. The van der Waals surface area contributed by atoms with Gasteiger partial charge in [0, 0.05) is 25.4 Å². The van der Waals surface area contributed by atoms with E-state index in [1.54, 1.807) is 24.3 Å². The van der Waals surface area contributed by atoms with Crippen molar-refractivity contribution in [3.8, 4) is 0 Å². The lowest BCUT2D eigenvalue weighted by Gasteiger charge is -2.30. The molecule has 4 nitrogen and oxygen atoms in total. The van der Waals surface area contributed by atoms with Crippen LogP contribution in [0.2, 0.25) is 0 Å². The summed E-state index contributed by atoms with van der Waals surface area (Å²) >= 11 is 0. The molecule has 1 fully saturated rings. The molecule has 1 aliphatic rings. The normalized spacial score (nSPS) is 17.4. The first-order chi connectivity index (χ1) is 10.4. The van der Waals surface area contributed by atoms with Gasteiger partial charge < -0.3 is 0 Å². The van der Waals surface area contributed by atoms with Crippen LogP contribution in [0.15, 0.2) is 29.7 Å². The maximum absolute atomic E-state index is 12.7. The summed E-state index contributed by atoms with van der Waals surface area (Å²) < 4.78 is 26.9. The summed E-state index contributed by atoms with van der Waals surface area (Å²) in [5.74, 6) is 0.250. The summed E-state index contributed by atoms with van der Waals surface area (Å²) in [6.45, 7) is 8.33. The highest BCUT2D eigenvalue weighted by molar-refractivity contribution is 7.89. The minimum Gasteiger partial charge on any atom is -0.299 e. The summed E-state index contributed by atoms with van der Waals surface area (Å²) in [7, 11) is -3.49. The smallest absolute Gasteiger partial charge is 0.243 e. The van der Waals surface area contributed by atoms with E-state index in [1.165, 1.54) is 4.31 Å². The number of benzene rings is 1. The Balaban J connectivity index is 2.18. The van der Waals surface area contributed by atoms with E-state index >= 15 is 0 Å². The molecule has 0 aliphatic carbocycles. The minimum atomic E-state index is -3.49. The second-order valence-corrected chi connectivity index (χ2v) is 7.66. The molecule has 1 saturated heterocycles. The molecule has 0 unspecified atom stereocenters. The SMILES string of the molecule is C=Cc1cc(S(=O)(=O)N2CCC(C(=O)CC)CC2)ccc1C. The molecule has 5 heteroatoms. The van der Waals surface area contributed by atoms with E-state index in [0.717, 1.165) is 11.1 Å². The minimum absolute atomic E-state index is 0.0122. The number of hydrogen-bond acceptors (Lipinski definition) is 3. The molecule has 1 heterocycles. The maximum atomic E-state index is 12.7. The third-order valence-corrected chi connectivity index (χ3v) is 6.26. The number of ketones is 1. The molecule has 0 aromatic heterocycles. The van der Waals surface area contributed by atoms with Gasteiger partial charge in [0.05, 0.1) is 4.90 Å². The molecular formula is C17H23NO3S. The van der Waals surface area contributed by atoms with Gasteiger partial charge >= 0.3 is 0 Å². The van der Waals surface area contributed by atoms with Crippen LogP contribution in [0.5, 0.6) is 0 Å². The van der Waals surface area contributed by atoms with Crippen molar-refractivity contribution in [1.29, 1.82) is 0 Å². The Labute approximate surface area is 132 Å². The zero-order valence-corrected chi connectivity index (χ0v) is 14.0. The van der Waals surface area contributed by atoms with Gasteiger partial charge in [-0.15, -0.1) is 0 Å². The number of rotatable bonds is 5. The van der Waals surface area contributed by atoms with Gasteiger partial charge in [-0.05, 0) is 43.0 Å². The van der Waals surface area contributed by atoms with Crippen LogP contribution in [0.3, 0.4) is 0 Å². The van der Waals surface area contributed by atoms with Crippen LogP contribution in [0.1, 0.15) is 37.3 Å². The maximum Gasteiger partial charge on any atom is 0.243 e. The Morgan fingerprint density at radius 1 is 1.36 bits per heavy atom. The van der Waals surface area contributed by atoms with Gasteiger partial charge in [0.15, 0.2) is 0 Å². The summed E-state index contributed by atoms with van der Waals surface area (Å²) in [5.41, 5.74) is 1.83. The highest BCUT2D eigenvalue weighted by Gasteiger charge is 2.31. The van der Waals surface area contributed by atoms with E-state index in [4.69, 9.17) is 0 Å². The van der Waals surface area contributed by atoms with Crippen molar-refractivity contribution < 1.29 is 13.2 Å². The van der Waals surface area contributed by atoms with Gasteiger partial charge in [-0.2, -0.15) is 4.31 Å². The molecule has 0 radical (unpaired) electrons. The average Bonchev–Trinajstić information content (AvgIpc) is 2.54. The number of carbonyl (C=O) groups excluding carboxylic acids is 1.